The monoisotopic (exact) mass is 456 g/mol. The van der Waals surface area contributed by atoms with Gasteiger partial charge in [-0.25, -0.2) is 17.6 Å². The molecular formula is C19H14ClFO6S2. The number of ether oxygens (including phenoxy) is 1. The van der Waals surface area contributed by atoms with Gasteiger partial charge in [-0.05, 0) is 42.0 Å². The van der Waals surface area contributed by atoms with Crippen molar-refractivity contribution in [2.75, 3.05) is 7.11 Å². The number of halogens is 2. The van der Waals surface area contributed by atoms with Gasteiger partial charge in [0.15, 0.2) is 9.84 Å². The van der Waals surface area contributed by atoms with Gasteiger partial charge < -0.3 is 14.9 Å². The summed E-state index contributed by atoms with van der Waals surface area (Å²) in [4.78, 5) is 11.5. The fourth-order valence-corrected chi connectivity index (χ4v) is 5.82. The summed E-state index contributed by atoms with van der Waals surface area (Å²) >= 11 is 6.91. The van der Waals surface area contributed by atoms with Gasteiger partial charge in [0, 0.05) is 11.1 Å². The third-order valence-corrected chi connectivity index (χ3v) is 7.65. The summed E-state index contributed by atoms with van der Waals surface area (Å²) in [5.41, 5.74) is 0.426. The molecule has 1 heterocycles. The predicted octanol–water partition coefficient (Wildman–Crippen LogP) is 4.38. The van der Waals surface area contributed by atoms with Crippen LogP contribution in [0.2, 0.25) is 4.34 Å². The number of methoxy groups -OCH3 is 1. The maximum absolute atomic E-state index is 13.5. The minimum atomic E-state index is -3.87. The molecule has 29 heavy (non-hydrogen) atoms. The molecule has 3 aromatic rings. The predicted molar refractivity (Wildman–Crippen MR) is 107 cm³/mol. The summed E-state index contributed by atoms with van der Waals surface area (Å²) in [5, 5.41) is 19.9. The molecule has 0 spiro atoms. The third kappa shape index (κ3) is 4.36. The van der Waals surface area contributed by atoms with E-state index in [1.807, 2.05) is 0 Å². The highest BCUT2D eigenvalue weighted by molar-refractivity contribution is 7.92. The molecular weight excluding hydrogens is 443 g/mol. The Morgan fingerprint density at radius 3 is 2.48 bits per heavy atom. The van der Waals surface area contributed by atoms with E-state index < -0.39 is 33.1 Å². The fourth-order valence-electron chi connectivity index (χ4n) is 2.65. The number of hydrogen-bond acceptors (Lipinski definition) is 7. The van der Waals surface area contributed by atoms with Crippen LogP contribution in [-0.2, 0) is 20.3 Å². The van der Waals surface area contributed by atoms with Crippen LogP contribution in [0, 0.1) is 5.82 Å². The molecule has 152 valence electrons. The molecule has 0 aliphatic carbocycles. The van der Waals surface area contributed by atoms with E-state index in [-0.39, 0.29) is 36.5 Å². The summed E-state index contributed by atoms with van der Waals surface area (Å²) in [7, 11) is -2.71. The second-order valence-electron chi connectivity index (χ2n) is 6.02. The van der Waals surface area contributed by atoms with Crippen LogP contribution < -0.4 is 0 Å². The molecule has 0 saturated heterocycles. The zero-order chi connectivity index (χ0) is 21.3. The number of benzene rings is 2. The second kappa shape index (κ2) is 8.02. The lowest BCUT2D eigenvalue weighted by atomic mass is 10.1. The number of hydrogen-bond donors (Lipinski definition) is 2. The Morgan fingerprint density at radius 2 is 1.83 bits per heavy atom. The summed E-state index contributed by atoms with van der Waals surface area (Å²) < 4.78 is 43.6. The molecule has 0 saturated carbocycles. The Hall–Kier alpha value is -2.62. The molecule has 0 radical (unpaired) electrons. The molecule has 0 amide bonds. The quantitative estimate of drug-likeness (QED) is 0.552. The molecule has 1 aromatic heterocycles. The Morgan fingerprint density at radius 1 is 1.10 bits per heavy atom. The molecule has 3 rings (SSSR count). The van der Waals surface area contributed by atoms with Crippen LogP contribution in [0.4, 0.5) is 4.39 Å². The van der Waals surface area contributed by atoms with Gasteiger partial charge in [0.1, 0.15) is 31.4 Å². The molecule has 0 aliphatic rings. The topological polar surface area (TPSA) is 101 Å². The van der Waals surface area contributed by atoms with Gasteiger partial charge in [-0.2, -0.15) is 0 Å². The highest BCUT2D eigenvalue weighted by Gasteiger charge is 2.23. The Balaban J connectivity index is 1.94. The average Bonchev–Trinajstić information content (AvgIpc) is 3.05. The van der Waals surface area contributed by atoms with E-state index in [4.69, 9.17) is 11.6 Å². The number of esters is 1. The van der Waals surface area contributed by atoms with Gasteiger partial charge in [-0.1, -0.05) is 17.7 Å². The molecule has 0 fully saturated rings. The van der Waals surface area contributed by atoms with E-state index in [0.717, 1.165) is 36.6 Å². The van der Waals surface area contributed by atoms with E-state index in [1.54, 1.807) is 0 Å². The first kappa shape index (κ1) is 21.1. The minimum Gasteiger partial charge on any atom is -0.507 e. The lowest BCUT2D eigenvalue weighted by molar-refractivity contribution is 0.0597. The number of aromatic hydroxyl groups is 2. The largest absolute Gasteiger partial charge is 0.507 e. The summed E-state index contributed by atoms with van der Waals surface area (Å²) in [6.07, 6.45) is 0. The molecule has 0 aliphatic heterocycles. The van der Waals surface area contributed by atoms with Crippen LogP contribution in [-0.4, -0.2) is 31.7 Å². The van der Waals surface area contributed by atoms with Crippen LogP contribution in [0.15, 0.2) is 46.7 Å². The second-order valence-corrected chi connectivity index (χ2v) is 9.89. The maximum Gasteiger partial charge on any atom is 0.341 e. The van der Waals surface area contributed by atoms with Gasteiger partial charge in [0.25, 0.3) is 0 Å². The van der Waals surface area contributed by atoms with Crippen LogP contribution in [0.25, 0.3) is 11.1 Å². The number of rotatable bonds is 5. The van der Waals surface area contributed by atoms with Crippen molar-refractivity contribution in [3.8, 4) is 22.6 Å². The molecule has 0 bridgehead atoms. The van der Waals surface area contributed by atoms with Gasteiger partial charge >= 0.3 is 5.97 Å². The highest BCUT2D eigenvalue weighted by Crippen LogP contribution is 2.42. The molecule has 2 N–H and O–H groups in total. The Bertz CT molecular complexity index is 1200. The van der Waals surface area contributed by atoms with Crippen molar-refractivity contribution in [2.45, 2.75) is 9.96 Å². The molecule has 10 heteroatoms. The Kier molecular flexibility index (Phi) is 5.83. The summed E-state index contributed by atoms with van der Waals surface area (Å²) in [6.45, 7) is 0. The van der Waals surface area contributed by atoms with Crippen LogP contribution in [0.1, 0.15) is 15.9 Å². The number of carbonyl (C=O) groups excluding carboxylic acids is 1. The SMILES string of the molecule is COC(=O)c1ccc(CS(=O)(=O)c2cc(-c3cc(F)ccc3O)c(Cl)s2)cc1O. The summed E-state index contributed by atoms with van der Waals surface area (Å²) in [6, 6.07) is 8.36. The first-order valence-corrected chi connectivity index (χ1v) is 10.9. The zero-order valence-electron chi connectivity index (χ0n) is 14.8. The van der Waals surface area contributed by atoms with E-state index in [9.17, 15) is 27.8 Å². The van der Waals surface area contributed by atoms with E-state index in [1.165, 1.54) is 24.3 Å². The molecule has 0 unspecified atom stereocenters. The van der Waals surface area contributed by atoms with Crippen molar-refractivity contribution < 1.29 is 32.6 Å². The van der Waals surface area contributed by atoms with Crippen molar-refractivity contribution in [1.29, 1.82) is 0 Å². The van der Waals surface area contributed by atoms with Crippen molar-refractivity contribution in [2.24, 2.45) is 0 Å². The average molecular weight is 457 g/mol. The van der Waals surface area contributed by atoms with E-state index in [0.29, 0.717) is 0 Å². The number of carbonyl (C=O) groups is 1. The Labute approximate surface area is 174 Å². The number of sulfone groups is 1. The third-order valence-electron chi connectivity index (χ3n) is 4.04. The van der Waals surface area contributed by atoms with Gasteiger partial charge in [-0.3, -0.25) is 0 Å². The van der Waals surface area contributed by atoms with Gasteiger partial charge in [-0.15, -0.1) is 11.3 Å². The van der Waals surface area contributed by atoms with E-state index >= 15 is 0 Å². The van der Waals surface area contributed by atoms with E-state index in [2.05, 4.69) is 4.74 Å². The fraction of sp³-hybridized carbons (Fsp3) is 0.105. The highest BCUT2D eigenvalue weighted by atomic mass is 35.5. The molecule has 0 atom stereocenters. The first-order chi connectivity index (χ1) is 13.6. The zero-order valence-corrected chi connectivity index (χ0v) is 17.2. The van der Waals surface area contributed by atoms with Crippen LogP contribution in [0.3, 0.4) is 0 Å². The van der Waals surface area contributed by atoms with Crippen molar-refractivity contribution in [3.05, 3.63) is 63.7 Å². The van der Waals surface area contributed by atoms with Crippen molar-refractivity contribution in [3.63, 3.8) is 0 Å². The summed E-state index contributed by atoms with van der Waals surface area (Å²) in [5.74, 6) is -2.46. The number of thiophene rings is 1. The molecule has 2 aromatic carbocycles. The van der Waals surface area contributed by atoms with Gasteiger partial charge in [0.05, 0.1) is 12.9 Å². The van der Waals surface area contributed by atoms with Crippen molar-refractivity contribution in [1.82, 2.24) is 0 Å². The first-order valence-electron chi connectivity index (χ1n) is 8.03. The lowest BCUT2D eigenvalue weighted by Crippen LogP contribution is -2.05. The van der Waals surface area contributed by atoms with Gasteiger partial charge in [0.2, 0.25) is 0 Å². The number of phenolic OH excluding ortho intramolecular Hbond substituents is 2. The number of phenols is 2. The standard InChI is InChI=1S/C19H14ClFO6S2/c1-27-19(24)12-4-2-10(6-16(12)23)9-29(25,26)17-8-14(18(20)28-17)13-7-11(21)3-5-15(13)22/h2-8,22-23H,9H2,1H3. The lowest BCUT2D eigenvalue weighted by Gasteiger charge is -2.06. The maximum atomic E-state index is 13.5. The minimum absolute atomic E-state index is 0.0766. The van der Waals surface area contributed by atoms with Crippen LogP contribution in [0.5, 0.6) is 11.5 Å². The molecule has 6 nitrogen and oxygen atoms in total. The van der Waals surface area contributed by atoms with Crippen molar-refractivity contribution >= 4 is 38.7 Å². The normalized spacial score (nSPS) is 11.4. The smallest absolute Gasteiger partial charge is 0.341 e. The van der Waals surface area contributed by atoms with Crippen LogP contribution >= 0.6 is 22.9 Å².